The number of likely N-dealkylation sites (N-methyl/N-ethyl adjacent to an activating group) is 1. The Morgan fingerprint density at radius 1 is 1.16 bits per heavy atom. The standard InChI is InChI=1S/C21H28N2O2/c1-15-13-17(5-8-20(15)24-4)21-19-7-6-18(25-12-11-23(2)3)14-16(19)9-10-22-21/h5-8,13-14,21-22H,9-12H2,1-4H3. The zero-order chi connectivity index (χ0) is 17.8. The summed E-state index contributed by atoms with van der Waals surface area (Å²) in [5.41, 5.74) is 5.16. The van der Waals surface area contributed by atoms with E-state index in [1.54, 1.807) is 7.11 Å². The molecule has 0 radical (unpaired) electrons. The molecule has 1 N–H and O–H groups in total. The molecule has 1 aliphatic heterocycles. The Bertz CT molecular complexity index is 728. The summed E-state index contributed by atoms with van der Waals surface area (Å²) >= 11 is 0. The second-order valence-corrected chi connectivity index (χ2v) is 6.88. The number of hydrogen-bond acceptors (Lipinski definition) is 4. The predicted octanol–water partition coefficient (Wildman–Crippen LogP) is 3.18. The minimum atomic E-state index is 0.226. The molecule has 0 aliphatic carbocycles. The number of nitrogens with zero attached hydrogens (tertiary/aromatic N) is 1. The van der Waals surface area contributed by atoms with E-state index < -0.39 is 0 Å². The van der Waals surface area contributed by atoms with Crippen molar-refractivity contribution in [2.75, 3.05) is 40.9 Å². The Morgan fingerprint density at radius 2 is 2.00 bits per heavy atom. The summed E-state index contributed by atoms with van der Waals surface area (Å²) in [5, 5.41) is 3.65. The van der Waals surface area contributed by atoms with E-state index in [4.69, 9.17) is 9.47 Å². The van der Waals surface area contributed by atoms with E-state index in [0.29, 0.717) is 6.61 Å². The summed E-state index contributed by atoms with van der Waals surface area (Å²) < 4.78 is 11.3. The molecular formula is C21H28N2O2. The van der Waals surface area contributed by atoms with Gasteiger partial charge in [-0.15, -0.1) is 0 Å². The maximum atomic E-state index is 5.89. The van der Waals surface area contributed by atoms with E-state index in [2.05, 4.69) is 67.6 Å². The van der Waals surface area contributed by atoms with E-state index in [-0.39, 0.29) is 6.04 Å². The fourth-order valence-corrected chi connectivity index (χ4v) is 3.36. The monoisotopic (exact) mass is 340 g/mol. The molecule has 4 heteroatoms. The molecule has 4 nitrogen and oxygen atoms in total. The first-order chi connectivity index (χ1) is 12.1. The molecule has 0 amide bonds. The van der Waals surface area contributed by atoms with Crippen molar-refractivity contribution >= 4 is 0 Å². The second-order valence-electron chi connectivity index (χ2n) is 6.88. The molecule has 0 saturated carbocycles. The summed E-state index contributed by atoms with van der Waals surface area (Å²) in [4.78, 5) is 2.13. The van der Waals surface area contributed by atoms with E-state index >= 15 is 0 Å². The van der Waals surface area contributed by atoms with Gasteiger partial charge in [0.25, 0.3) is 0 Å². The van der Waals surface area contributed by atoms with Crippen molar-refractivity contribution in [2.24, 2.45) is 0 Å². The van der Waals surface area contributed by atoms with Gasteiger partial charge in [0.15, 0.2) is 0 Å². The number of benzene rings is 2. The molecule has 0 fully saturated rings. The molecule has 2 aromatic carbocycles. The second kappa shape index (κ2) is 7.89. The maximum Gasteiger partial charge on any atom is 0.121 e. The van der Waals surface area contributed by atoms with Gasteiger partial charge in [-0.05, 0) is 67.9 Å². The van der Waals surface area contributed by atoms with Crippen molar-refractivity contribution < 1.29 is 9.47 Å². The highest BCUT2D eigenvalue weighted by molar-refractivity contribution is 5.46. The normalized spacial score (nSPS) is 16.6. The Balaban J connectivity index is 1.81. The van der Waals surface area contributed by atoms with Gasteiger partial charge in [-0.3, -0.25) is 0 Å². The number of nitrogens with one attached hydrogen (secondary N) is 1. The summed E-state index contributed by atoms with van der Waals surface area (Å²) in [6.07, 6.45) is 1.03. The molecule has 134 valence electrons. The smallest absolute Gasteiger partial charge is 0.121 e. The van der Waals surface area contributed by atoms with Crippen LogP contribution in [0.1, 0.15) is 28.3 Å². The minimum absolute atomic E-state index is 0.226. The molecule has 3 rings (SSSR count). The Kier molecular flexibility index (Phi) is 5.61. The lowest BCUT2D eigenvalue weighted by atomic mass is 9.89. The summed E-state index contributed by atoms with van der Waals surface area (Å²) in [7, 11) is 5.83. The van der Waals surface area contributed by atoms with Gasteiger partial charge in [-0.1, -0.05) is 18.2 Å². The lowest BCUT2D eigenvalue weighted by Crippen LogP contribution is -2.30. The van der Waals surface area contributed by atoms with Gasteiger partial charge < -0.3 is 19.7 Å². The molecule has 25 heavy (non-hydrogen) atoms. The number of ether oxygens (including phenoxy) is 2. The fraction of sp³-hybridized carbons (Fsp3) is 0.429. The third kappa shape index (κ3) is 4.14. The number of hydrogen-bond donors (Lipinski definition) is 1. The molecule has 1 heterocycles. The number of methoxy groups -OCH3 is 1. The van der Waals surface area contributed by atoms with E-state index in [9.17, 15) is 0 Å². The zero-order valence-electron chi connectivity index (χ0n) is 15.6. The average Bonchev–Trinajstić information content (AvgIpc) is 2.60. The molecule has 1 unspecified atom stereocenters. The molecule has 0 spiro atoms. The number of aryl methyl sites for hydroxylation is 1. The van der Waals surface area contributed by atoms with Gasteiger partial charge in [-0.2, -0.15) is 0 Å². The van der Waals surface area contributed by atoms with Crippen molar-refractivity contribution in [2.45, 2.75) is 19.4 Å². The van der Waals surface area contributed by atoms with Crippen LogP contribution in [0.3, 0.4) is 0 Å². The SMILES string of the molecule is COc1ccc(C2NCCc3cc(OCCN(C)C)ccc32)cc1C. The highest BCUT2D eigenvalue weighted by Gasteiger charge is 2.22. The zero-order valence-corrected chi connectivity index (χ0v) is 15.6. The number of rotatable bonds is 6. The van der Waals surface area contributed by atoms with Crippen LogP contribution in [-0.2, 0) is 6.42 Å². The Labute approximate surface area is 150 Å². The molecule has 1 aliphatic rings. The summed E-state index contributed by atoms with van der Waals surface area (Å²) in [6, 6.07) is 13.1. The lowest BCUT2D eigenvalue weighted by molar-refractivity contribution is 0.261. The predicted molar refractivity (Wildman–Crippen MR) is 102 cm³/mol. The van der Waals surface area contributed by atoms with Crippen molar-refractivity contribution in [3.05, 3.63) is 58.7 Å². The van der Waals surface area contributed by atoms with E-state index in [1.165, 1.54) is 16.7 Å². The van der Waals surface area contributed by atoms with Crippen molar-refractivity contribution in [3.63, 3.8) is 0 Å². The van der Waals surface area contributed by atoms with E-state index in [1.807, 2.05) is 0 Å². The van der Waals surface area contributed by atoms with Crippen LogP contribution in [0.5, 0.6) is 11.5 Å². The van der Waals surface area contributed by atoms with Crippen LogP contribution in [0.2, 0.25) is 0 Å². The van der Waals surface area contributed by atoms with Crippen LogP contribution in [0.15, 0.2) is 36.4 Å². The third-order valence-electron chi connectivity index (χ3n) is 4.73. The molecule has 0 aromatic heterocycles. The molecule has 1 atom stereocenters. The fourth-order valence-electron chi connectivity index (χ4n) is 3.36. The summed E-state index contributed by atoms with van der Waals surface area (Å²) in [6.45, 7) is 4.70. The highest BCUT2D eigenvalue weighted by Crippen LogP contribution is 2.33. The minimum Gasteiger partial charge on any atom is -0.496 e. The van der Waals surface area contributed by atoms with Crippen LogP contribution >= 0.6 is 0 Å². The first kappa shape index (κ1) is 17.8. The molecule has 0 bridgehead atoms. The van der Waals surface area contributed by atoms with Crippen LogP contribution in [-0.4, -0.2) is 45.8 Å². The Hall–Kier alpha value is -2.04. The van der Waals surface area contributed by atoms with Crippen LogP contribution in [0, 0.1) is 6.92 Å². The topological polar surface area (TPSA) is 33.7 Å². The van der Waals surface area contributed by atoms with Crippen LogP contribution < -0.4 is 14.8 Å². The highest BCUT2D eigenvalue weighted by atomic mass is 16.5. The van der Waals surface area contributed by atoms with E-state index in [0.717, 1.165) is 36.6 Å². The van der Waals surface area contributed by atoms with Gasteiger partial charge in [0.05, 0.1) is 13.2 Å². The van der Waals surface area contributed by atoms with Crippen molar-refractivity contribution in [1.82, 2.24) is 10.2 Å². The quantitative estimate of drug-likeness (QED) is 0.876. The Morgan fingerprint density at radius 3 is 2.72 bits per heavy atom. The van der Waals surface area contributed by atoms with Gasteiger partial charge >= 0.3 is 0 Å². The van der Waals surface area contributed by atoms with Gasteiger partial charge in [0.2, 0.25) is 0 Å². The van der Waals surface area contributed by atoms with Crippen LogP contribution in [0.4, 0.5) is 0 Å². The largest absolute Gasteiger partial charge is 0.496 e. The first-order valence-corrected chi connectivity index (χ1v) is 8.87. The van der Waals surface area contributed by atoms with Crippen molar-refractivity contribution in [1.29, 1.82) is 0 Å². The molecule has 2 aromatic rings. The lowest BCUT2D eigenvalue weighted by Gasteiger charge is -2.28. The summed E-state index contributed by atoms with van der Waals surface area (Å²) in [5.74, 6) is 1.90. The van der Waals surface area contributed by atoms with Gasteiger partial charge in [0.1, 0.15) is 18.1 Å². The van der Waals surface area contributed by atoms with Crippen molar-refractivity contribution in [3.8, 4) is 11.5 Å². The third-order valence-corrected chi connectivity index (χ3v) is 4.73. The average molecular weight is 340 g/mol. The first-order valence-electron chi connectivity index (χ1n) is 8.87. The van der Waals surface area contributed by atoms with Crippen LogP contribution in [0.25, 0.3) is 0 Å². The number of fused-ring (bicyclic) bond motifs is 1. The van der Waals surface area contributed by atoms with Gasteiger partial charge in [0, 0.05) is 13.1 Å². The maximum absolute atomic E-state index is 5.89. The van der Waals surface area contributed by atoms with Gasteiger partial charge in [-0.25, -0.2) is 0 Å². The molecule has 0 saturated heterocycles. The molecular weight excluding hydrogens is 312 g/mol.